The first-order valence-electron chi connectivity index (χ1n) is 6.74. The summed E-state index contributed by atoms with van der Waals surface area (Å²) in [4.78, 5) is 13.9. The fourth-order valence-corrected chi connectivity index (χ4v) is 2.18. The third-order valence-corrected chi connectivity index (χ3v) is 3.33. The fourth-order valence-electron chi connectivity index (χ4n) is 2.18. The van der Waals surface area contributed by atoms with Crippen LogP contribution in [0.15, 0.2) is 29.2 Å². The number of hydrogen-bond acceptors (Lipinski definition) is 2. The number of aromatic nitrogens is 1. The van der Waals surface area contributed by atoms with Crippen LogP contribution in [0.3, 0.4) is 0 Å². The molecule has 0 saturated heterocycles. The molecule has 0 spiro atoms. The predicted octanol–water partition coefficient (Wildman–Crippen LogP) is 2.73. The summed E-state index contributed by atoms with van der Waals surface area (Å²) < 4.78 is 0. The van der Waals surface area contributed by atoms with Crippen molar-refractivity contribution in [1.82, 2.24) is 4.98 Å². The molecule has 104 valence electrons. The first-order valence-corrected chi connectivity index (χ1v) is 6.74. The second-order valence-corrected chi connectivity index (χ2v) is 5.00. The maximum Gasteiger partial charge on any atom is 2.00 e. The van der Waals surface area contributed by atoms with Crippen LogP contribution in [0.2, 0.25) is 0 Å². The largest absolute Gasteiger partial charge is 2.00 e. The fraction of sp³-hybridized carbons (Fsp3) is 0.375. The SMILES string of the molecule is Cc1[c-]cc2cc[nH]c(=O)c2c1.NC1CC[CH-]CC1.[U+2]. The Balaban J connectivity index is 0.000000216. The number of fused-ring (bicyclic) bond motifs is 1. The van der Waals surface area contributed by atoms with Gasteiger partial charge in [0.05, 0.1) is 0 Å². The minimum atomic E-state index is -0.0374. The molecule has 1 fully saturated rings. The van der Waals surface area contributed by atoms with E-state index in [0.717, 1.165) is 16.3 Å². The molecule has 1 aliphatic carbocycles. The van der Waals surface area contributed by atoms with Gasteiger partial charge in [-0.25, -0.2) is 0 Å². The number of rotatable bonds is 0. The Morgan fingerprint density at radius 3 is 2.70 bits per heavy atom. The normalized spacial score (nSPS) is 15.1. The van der Waals surface area contributed by atoms with Crippen molar-refractivity contribution in [2.45, 2.75) is 38.6 Å². The number of aryl methyl sites for hydroxylation is 1. The first-order chi connectivity index (χ1) is 9.16. The van der Waals surface area contributed by atoms with E-state index >= 15 is 0 Å². The van der Waals surface area contributed by atoms with Gasteiger partial charge in [-0.3, -0.25) is 4.79 Å². The number of aromatic amines is 1. The summed E-state index contributed by atoms with van der Waals surface area (Å²) in [6.45, 7) is 1.92. The molecule has 1 aromatic heterocycles. The van der Waals surface area contributed by atoms with Crippen LogP contribution in [-0.4, -0.2) is 11.0 Å². The molecule has 0 amide bonds. The average molecular weight is 494 g/mol. The summed E-state index contributed by atoms with van der Waals surface area (Å²) in [6, 6.07) is 9.10. The van der Waals surface area contributed by atoms with Gasteiger partial charge in [0, 0.05) is 0 Å². The Labute approximate surface area is 143 Å². The maximum atomic E-state index is 11.3. The molecule has 3 nitrogen and oxygen atoms in total. The average Bonchev–Trinajstić information content (AvgIpc) is 2.41. The predicted molar refractivity (Wildman–Crippen MR) is 78.9 cm³/mol. The Kier molecular flexibility index (Phi) is 7.58. The molecule has 3 rings (SSSR count). The van der Waals surface area contributed by atoms with E-state index in [1.54, 1.807) is 6.20 Å². The van der Waals surface area contributed by atoms with Crippen molar-refractivity contribution in [2.24, 2.45) is 5.73 Å². The van der Waals surface area contributed by atoms with Crippen LogP contribution in [0.4, 0.5) is 0 Å². The summed E-state index contributed by atoms with van der Waals surface area (Å²) in [5.74, 6) is 0. The molecule has 1 saturated carbocycles. The van der Waals surface area contributed by atoms with E-state index in [-0.39, 0.29) is 36.7 Å². The molecule has 0 bridgehead atoms. The third kappa shape index (κ3) is 5.09. The van der Waals surface area contributed by atoms with Crippen molar-refractivity contribution in [3.05, 3.63) is 52.8 Å². The van der Waals surface area contributed by atoms with Crippen LogP contribution in [0.25, 0.3) is 10.8 Å². The van der Waals surface area contributed by atoms with Crippen LogP contribution < -0.4 is 11.3 Å². The van der Waals surface area contributed by atoms with E-state index < -0.39 is 0 Å². The number of nitrogens with one attached hydrogen (secondary N) is 1. The van der Waals surface area contributed by atoms with Crippen LogP contribution in [0.1, 0.15) is 31.2 Å². The van der Waals surface area contributed by atoms with Crippen molar-refractivity contribution in [3.8, 4) is 0 Å². The quantitative estimate of drug-likeness (QED) is 0.554. The first kappa shape index (κ1) is 17.5. The van der Waals surface area contributed by atoms with Crippen molar-refractivity contribution in [1.29, 1.82) is 0 Å². The molecular formula is C16H20N2OU. The van der Waals surface area contributed by atoms with Gasteiger partial charge in [-0.1, -0.05) is 31.2 Å². The van der Waals surface area contributed by atoms with Crippen LogP contribution in [0, 0.1) is 50.5 Å². The zero-order chi connectivity index (χ0) is 13.7. The molecular weight excluding hydrogens is 474 g/mol. The van der Waals surface area contributed by atoms with E-state index in [9.17, 15) is 4.79 Å². The van der Waals surface area contributed by atoms with Gasteiger partial charge >= 0.3 is 31.1 Å². The summed E-state index contributed by atoms with van der Waals surface area (Å²) in [5.41, 5.74) is 6.56. The minimum absolute atomic E-state index is 0. The van der Waals surface area contributed by atoms with Crippen molar-refractivity contribution in [3.63, 3.8) is 0 Å². The summed E-state index contributed by atoms with van der Waals surface area (Å²) in [6.07, 6.45) is 8.86. The number of hydrogen-bond donors (Lipinski definition) is 2. The van der Waals surface area contributed by atoms with Crippen LogP contribution in [-0.2, 0) is 0 Å². The Hall–Kier alpha value is -0.558. The molecule has 3 N–H and O–H groups in total. The second-order valence-electron chi connectivity index (χ2n) is 5.00. The van der Waals surface area contributed by atoms with Crippen molar-refractivity contribution in [2.75, 3.05) is 0 Å². The number of pyridine rings is 1. The zero-order valence-electron chi connectivity index (χ0n) is 11.8. The maximum absolute atomic E-state index is 11.3. The second kappa shape index (κ2) is 8.67. The minimum Gasteiger partial charge on any atom is -0.331 e. The Bertz CT molecular complexity index is 588. The van der Waals surface area contributed by atoms with Gasteiger partial charge in [-0.05, 0) is 12.2 Å². The van der Waals surface area contributed by atoms with Crippen LogP contribution in [0.5, 0.6) is 0 Å². The smallest absolute Gasteiger partial charge is 0.331 e. The van der Waals surface area contributed by atoms with Crippen molar-refractivity contribution < 1.29 is 31.1 Å². The zero-order valence-corrected chi connectivity index (χ0v) is 15.9. The molecule has 1 aliphatic rings. The molecule has 0 unspecified atom stereocenters. The number of benzene rings is 1. The summed E-state index contributed by atoms with van der Waals surface area (Å²) in [5, 5.41) is 1.66. The van der Waals surface area contributed by atoms with E-state index in [0.29, 0.717) is 6.04 Å². The standard InChI is InChI=1S/C10H8NO.C6H12N.U/c1-7-2-3-8-4-5-11-10(12)9(8)6-7;7-6-4-2-1-3-5-6;/h3-6H,1H3,(H,11,12);1,6H,2-5,7H2;/q2*-1;+2. The summed E-state index contributed by atoms with van der Waals surface area (Å²) >= 11 is 0. The molecule has 0 aliphatic heterocycles. The molecule has 4 heteroatoms. The van der Waals surface area contributed by atoms with Gasteiger partial charge in [-0.2, -0.15) is 36.6 Å². The number of nitrogens with two attached hydrogens (primary N) is 1. The van der Waals surface area contributed by atoms with Gasteiger partial charge < -0.3 is 17.1 Å². The molecule has 0 atom stereocenters. The monoisotopic (exact) mass is 494 g/mol. The van der Waals surface area contributed by atoms with Gasteiger partial charge in [0.1, 0.15) is 0 Å². The Morgan fingerprint density at radius 2 is 2.10 bits per heavy atom. The molecule has 1 heterocycles. The van der Waals surface area contributed by atoms with E-state index in [4.69, 9.17) is 5.73 Å². The van der Waals surface area contributed by atoms with E-state index in [1.807, 2.05) is 25.1 Å². The molecule has 0 radical (unpaired) electrons. The molecule has 20 heavy (non-hydrogen) atoms. The third-order valence-electron chi connectivity index (χ3n) is 3.33. The van der Waals surface area contributed by atoms with Crippen LogP contribution >= 0.6 is 0 Å². The number of H-pyrrole nitrogens is 1. The van der Waals surface area contributed by atoms with Crippen molar-refractivity contribution >= 4 is 10.8 Å². The molecule has 2 aromatic rings. The van der Waals surface area contributed by atoms with Gasteiger partial charge in [0.15, 0.2) is 0 Å². The Morgan fingerprint density at radius 1 is 1.40 bits per heavy atom. The topological polar surface area (TPSA) is 58.9 Å². The van der Waals surface area contributed by atoms with Gasteiger partial charge in [0.2, 0.25) is 5.56 Å². The molecule has 1 aromatic carbocycles. The van der Waals surface area contributed by atoms with Gasteiger partial charge in [0.25, 0.3) is 0 Å². The summed E-state index contributed by atoms with van der Waals surface area (Å²) in [7, 11) is 0. The van der Waals surface area contributed by atoms with E-state index in [1.165, 1.54) is 25.7 Å². The van der Waals surface area contributed by atoms with Gasteiger partial charge in [-0.15, -0.1) is 5.39 Å². The van der Waals surface area contributed by atoms with E-state index in [2.05, 4.69) is 17.5 Å².